The van der Waals surface area contributed by atoms with Crippen molar-refractivity contribution in [3.8, 4) is 0 Å². The van der Waals surface area contributed by atoms with Crippen molar-refractivity contribution >= 4 is 17.7 Å². The fraction of sp³-hybridized carbons (Fsp3) is 0.727. The van der Waals surface area contributed by atoms with Gasteiger partial charge in [0.25, 0.3) is 0 Å². The van der Waals surface area contributed by atoms with Crippen LogP contribution in [0.1, 0.15) is 19.3 Å². The molecular formula is C11H15F3N2O4. The van der Waals surface area contributed by atoms with Gasteiger partial charge < -0.3 is 10.0 Å². The number of aliphatic hydroxyl groups excluding tert-OH is 1. The number of aliphatic hydroxyl groups is 1. The number of likely N-dealkylation sites (tertiary alicyclic amines) is 1. The third kappa shape index (κ3) is 4.80. The molecule has 0 aromatic rings. The van der Waals surface area contributed by atoms with Gasteiger partial charge in [-0.15, -0.1) is 0 Å². The van der Waals surface area contributed by atoms with Crippen LogP contribution in [-0.2, 0) is 14.4 Å². The molecule has 9 heteroatoms. The second-order valence-electron chi connectivity index (χ2n) is 4.34. The number of imide groups is 1. The van der Waals surface area contributed by atoms with E-state index >= 15 is 0 Å². The molecular weight excluding hydrogens is 281 g/mol. The Kier molecular flexibility index (Phi) is 5.49. The maximum Gasteiger partial charge on any atom is 0.406 e. The van der Waals surface area contributed by atoms with Crippen molar-refractivity contribution in [3.05, 3.63) is 0 Å². The topological polar surface area (TPSA) is 77.9 Å². The van der Waals surface area contributed by atoms with Crippen LogP contribution in [0.3, 0.4) is 0 Å². The molecule has 0 saturated carbocycles. The zero-order valence-corrected chi connectivity index (χ0v) is 10.7. The highest BCUT2D eigenvalue weighted by atomic mass is 19.4. The predicted octanol–water partition coefficient (Wildman–Crippen LogP) is -0.0913. The molecule has 0 atom stereocenters. The molecule has 1 saturated heterocycles. The van der Waals surface area contributed by atoms with Crippen LogP contribution in [0.2, 0.25) is 0 Å². The zero-order valence-electron chi connectivity index (χ0n) is 10.7. The Labute approximate surface area is 113 Å². The van der Waals surface area contributed by atoms with Crippen LogP contribution >= 0.6 is 0 Å². The summed E-state index contributed by atoms with van der Waals surface area (Å²) in [6.45, 7) is -2.73. The molecule has 3 amide bonds. The maximum atomic E-state index is 12.3. The summed E-state index contributed by atoms with van der Waals surface area (Å²) in [5.74, 6) is -1.71. The Morgan fingerprint density at radius 2 is 1.80 bits per heavy atom. The summed E-state index contributed by atoms with van der Waals surface area (Å²) in [6.07, 6.45) is -4.82. The lowest BCUT2D eigenvalue weighted by Gasteiger charge is -2.24. The summed E-state index contributed by atoms with van der Waals surface area (Å²) in [5.41, 5.74) is 0. The normalized spacial score (nSPS) is 15.9. The highest BCUT2D eigenvalue weighted by Crippen LogP contribution is 2.17. The molecule has 0 aromatic carbocycles. The minimum Gasteiger partial charge on any atom is -0.395 e. The molecule has 0 radical (unpaired) electrons. The number of rotatable bonds is 6. The summed E-state index contributed by atoms with van der Waals surface area (Å²) in [7, 11) is 0. The highest BCUT2D eigenvalue weighted by molar-refractivity contribution is 6.02. The van der Waals surface area contributed by atoms with E-state index in [-0.39, 0.29) is 25.8 Å². The van der Waals surface area contributed by atoms with Gasteiger partial charge >= 0.3 is 6.18 Å². The van der Waals surface area contributed by atoms with E-state index in [2.05, 4.69) is 0 Å². The second-order valence-corrected chi connectivity index (χ2v) is 4.34. The van der Waals surface area contributed by atoms with Crippen LogP contribution in [-0.4, -0.2) is 65.0 Å². The van der Waals surface area contributed by atoms with Gasteiger partial charge in [-0.05, 0) is 0 Å². The van der Waals surface area contributed by atoms with Crippen molar-refractivity contribution in [2.24, 2.45) is 0 Å². The molecule has 0 bridgehead atoms. The number of alkyl halides is 3. The van der Waals surface area contributed by atoms with E-state index in [4.69, 9.17) is 5.11 Å². The standard InChI is InChI=1S/C11H15F3N2O4/c12-11(13,14)7-15(5-6-17)8(18)3-4-16-9(19)1-2-10(16)20/h17H,1-7H2. The first-order chi connectivity index (χ1) is 9.24. The van der Waals surface area contributed by atoms with Gasteiger partial charge in [-0.1, -0.05) is 0 Å². The van der Waals surface area contributed by atoms with Crippen molar-refractivity contribution in [1.29, 1.82) is 0 Å². The lowest BCUT2D eigenvalue weighted by Crippen LogP contribution is -2.42. The first-order valence-corrected chi connectivity index (χ1v) is 6.03. The molecule has 1 N–H and O–H groups in total. The number of halogens is 3. The minimum atomic E-state index is -4.57. The van der Waals surface area contributed by atoms with Crippen LogP contribution in [0.15, 0.2) is 0 Å². The van der Waals surface area contributed by atoms with Crippen molar-refractivity contribution in [2.75, 3.05) is 26.2 Å². The number of hydrogen-bond acceptors (Lipinski definition) is 4. The summed E-state index contributed by atoms with van der Waals surface area (Å²) in [4.78, 5) is 35.6. The van der Waals surface area contributed by atoms with Crippen molar-refractivity contribution in [1.82, 2.24) is 9.80 Å². The van der Waals surface area contributed by atoms with E-state index < -0.39 is 43.6 Å². The van der Waals surface area contributed by atoms with Crippen LogP contribution in [0, 0.1) is 0 Å². The number of carbonyl (C=O) groups excluding carboxylic acids is 3. The van der Waals surface area contributed by atoms with Crippen molar-refractivity contribution in [2.45, 2.75) is 25.4 Å². The number of hydrogen-bond donors (Lipinski definition) is 1. The average Bonchev–Trinajstić information content (AvgIpc) is 2.64. The van der Waals surface area contributed by atoms with Crippen molar-refractivity contribution in [3.63, 3.8) is 0 Å². The van der Waals surface area contributed by atoms with Gasteiger partial charge in [-0.25, -0.2) is 0 Å². The molecule has 1 heterocycles. The number of nitrogens with zero attached hydrogens (tertiary/aromatic N) is 2. The Hall–Kier alpha value is -1.64. The molecule has 0 spiro atoms. The van der Waals surface area contributed by atoms with Gasteiger partial charge in [0.15, 0.2) is 0 Å². The number of amides is 3. The average molecular weight is 296 g/mol. The maximum absolute atomic E-state index is 12.3. The smallest absolute Gasteiger partial charge is 0.395 e. The van der Waals surface area contributed by atoms with E-state index in [1.54, 1.807) is 0 Å². The molecule has 1 aliphatic rings. The summed E-state index contributed by atoms with van der Waals surface area (Å²) >= 11 is 0. The van der Waals surface area contributed by atoms with Gasteiger partial charge in [0.2, 0.25) is 17.7 Å². The van der Waals surface area contributed by atoms with Crippen molar-refractivity contribution < 1.29 is 32.7 Å². The van der Waals surface area contributed by atoms with E-state index in [9.17, 15) is 27.6 Å². The lowest BCUT2D eigenvalue weighted by atomic mass is 10.3. The van der Waals surface area contributed by atoms with Gasteiger partial charge in [-0.3, -0.25) is 19.3 Å². The second kappa shape index (κ2) is 6.69. The van der Waals surface area contributed by atoms with Crippen LogP contribution in [0.4, 0.5) is 13.2 Å². The van der Waals surface area contributed by atoms with Gasteiger partial charge in [0.05, 0.1) is 6.61 Å². The fourth-order valence-corrected chi connectivity index (χ4v) is 1.87. The van der Waals surface area contributed by atoms with E-state index in [1.807, 2.05) is 0 Å². The van der Waals surface area contributed by atoms with Crippen LogP contribution < -0.4 is 0 Å². The molecule has 0 unspecified atom stereocenters. The van der Waals surface area contributed by atoms with E-state index in [0.717, 1.165) is 4.90 Å². The largest absolute Gasteiger partial charge is 0.406 e. The van der Waals surface area contributed by atoms with E-state index in [1.165, 1.54) is 0 Å². The first-order valence-electron chi connectivity index (χ1n) is 6.03. The Balaban J connectivity index is 2.53. The monoisotopic (exact) mass is 296 g/mol. The van der Waals surface area contributed by atoms with Crippen LogP contribution in [0.25, 0.3) is 0 Å². The van der Waals surface area contributed by atoms with Crippen LogP contribution in [0.5, 0.6) is 0 Å². The Morgan fingerprint density at radius 1 is 1.25 bits per heavy atom. The molecule has 0 aromatic heterocycles. The Bertz CT molecular complexity index is 382. The third-order valence-corrected chi connectivity index (χ3v) is 2.80. The molecule has 6 nitrogen and oxygen atoms in total. The lowest BCUT2D eigenvalue weighted by molar-refractivity contribution is -0.162. The fourth-order valence-electron chi connectivity index (χ4n) is 1.87. The molecule has 20 heavy (non-hydrogen) atoms. The molecule has 1 rings (SSSR count). The molecule has 1 fully saturated rings. The van der Waals surface area contributed by atoms with E-state index in [0.29, 0.717) is 4.90 Å². The van der Waals surface area contributed by atoms with Gasteiger partial charge in [0.1, 0.15) is 6.54 Å². The van der Waals surface area contributed by atoms with Gasteiger partial charge in [-0.2, -0.15) is 13.2 Å². The molecule has 114 valence electrons. The highest BCUT2D eigenvalue weighted by Gasteiger charge is 2.34. The Morgan fingerprint density at radius 3 is 2.25 bits per heavy atom. The zero-order chi connectivity index (χ0) is 15.3. The predicted molar refractivity (Wildman–Crippen MR) is 60.3 cm³/mol. The molecule has 0 aliphatic carbocycles. The quantitative estimate of drug-likeness (QED) is 0.695. The third-order valence-electron chi connectivity index (χ3n) is 2.80. The molecule has 1 aliphatic heterocycles. The summed E-state index contributed by atoms with van der Waals surface area (Å²) < 4.78 is 36.8. The summed E-state index contributed by atoms with van der Waals surface area (Å²) in [6, 6.07) is 0. The SMILES string of the molecule is O=C(CCN1C(=O)CCC1=O)N(CCO)CC(F)(F)F. The first kappa shape index (κ1) is 16.4. The summed E-state index contributed by atoms with van der Waals surface area (Å²) in [5, 5.41) is 8.67. The number of carbonyl (C=O) groups is 3. The minimum absolute atomic E-state index is 0.0654. The van der Waals surface area contributed by atoms with Gasteiger partial charge in [0, 0.05) is 32.4 Å².